The lowest BCUT2D eigenvalue weighted by atomic mass is 10.1. The molecule has 1 saturated heterocycles. The van der Waals surface area contributed by atoms with E-state index in [1.807, 2.05) is 24.3 Å². The van der Waals surface area contributed by atoms with Crippen LogP contribution >= 0.6 is 0 Å². The van der Waals surface area contributed by atoms with Crippen molar-refractivity contribution in [2.75, 3.05) is 45.2 Å². The summed E-state index contributed by atoms with van der Waals surface area (Å²) in [5.74, 6) is 2.96. The molecule has 0 unspecified atom stereocenters. The van der Waals surface area contributed by atoms with Crippen LogP contribution in [-0.4, -0.2) is 65.1 Å². The topological polar surface area (TPSA) is 62.6 Å². The lowest BCUT2D eigenvalue weighted by molar-refractivity contribution is 0.0741. The predicted octanol–water partition coefficient (Wildman–Crippen LogP) is 6.68. The number of ether oxygens (including phenoxy) is 1. The molecule has 1 aromatic heterocycles. The van der Waals surface area contributed by atoms with Crippen LogP contribution in [0.4, 0.5) is 5.95 Å². The maximum atomic E-state index is 13.7. The number of carbonyl (C=O) groups is 1. The van der Waals surface area contributed by atoms with Crippen LogP contribution < -0.4 is 10.1 Å². The zero-order chi connectivity index (χ0) is 28.5. The van der Waals surface area contributed by atoms with Gasteiger partial charge in [0.15, 0.2) is 0 Å². The zero-order valence-electron chi connectivity index (χ0n) is 25.3. The first-order chi connectivity index (χ1) is 19.3. The quantitative estimate of drug-likeness (QED) is 0.230. The van der Waals surface area contributed by atoms with Crippen molar-refractivity contribution in [2.45, 2.75) is 72.9 Å². The maximum absolute atomic E-state index is 13.7. The molecule has 2 heterocycles. The number of likely N-dealkylation sites (tertiary alicyclic amines) is 1. The van der Waals surface area contributed by atoms with Crippen molar-refractivity contribution in [3.63, 3.8) is 0 Å². The average Bonchev–Trinajstić information content (AvgIpc) is 3.59. The lowest BCUT2D eigenvalue weighted by Crippen LogP contribution is -2.34. The number of aryl methyl sites for hydroxylation is 1. The molecule has 40 heavy (non-hydrogen) atoms. The molecule has 0 atom stereocenters. The Bertz CT molecular complexity index is 1200. The molecule has 1 N–H and O–H groups in total. The van der Waals surface area contributed by atoms with Gasteiger partial charge in [0.05, 0.1) is 18.1 Å². The molecule has 0 aliphatic carbocycles. The molecule has 3 aromatic rings. The van der Waals surface area contributed by atoms with Gasteiger partial charge in [-0.1, -0.05) is 39.8 Å². The highest BCUT2D eigenvalue weighted by atomic mass is 16.5. The van der Waals surface area contributed by atoms with E-state index in [1.165, 1.54) is 31.5 Å². The van der Waals surface area contributed by atoms with Crippen LogP contribution in [0, 0.1) is 11.8 Å². The standard InChI is InChI=1S/C33H49N5O2/c1-25(2)15-21-37(22-16-26(3)4)32(39)28-11-14-30-31(23-28)38(20-8-19-36-17-6-7-18-36)33(35-30)34-24-27-9-12-29(40-5)13-10-27/h9-14,23,25-26H,6-8,15-22,24H2,1-5H3,(H,34,35). The second kappa shape index (κ2) is 14.5. The summed E-state index contributed by atoms with van der Waals surface area (Å²) in [5, 5.41) is 3.57. The fraction of sp³-hybridized carbons (Fsp3) is 0.576. The highest BCUT2D eigenvalue weighted by molar-refractivity contribution is 5.97. The van der Waals surface area contributed by atoms with E-state index in [1.54, 1.807) is 7.11 Å². The molecule has 1 fully saturated rings. The number of nitrogens with zero attached hydrogens (tertiary/aromatic N) is 4. The third kappa shape index (κ3) is 8.23. The van der Waals surface area contributed by atoms with Crippen LogP contribution in [0.5, 0.6) is 5.75 Å². The van der Waals surface area contributed by atoms with Crippen LogP contribution in [0.3, 0.4) is 0 Å². The predicted molar refractivity (Wildman–Crippen MR) is 165 cm³/mol. The molecule has 7 heteroatoms. The maximum Gasteiger partial charge on any atom is 0.253 e. The van der Waals surface area contributed by atoms with Crippen LogP contribution in [0.25, 0.3) is 11.0 Å². The number of benzene rings is 2. The van der Waals surface area contributed by atoms with Crippen molar-refractivity contribution in [3.05, 3.63) is 53.6 Å². The summed E-state index contributed by atoms with van der Waals surface area (Å²) in [6.45, 7) is 15.5. The van der Waals surface area contributed by atoms with E-state index in [4.69, 9.17) is 9.72 Å². The molecule has 218 valence electrons. The number of methoxy groups -OCH3 is 1. The number of carbonyl (C=O) groups excluding carboxylic acids is 1. The molecular formula is C33H49N5O2. The molecule has 0 radical (unpaired) electrons. The summed E-state index contributed by atoms with van der Waals surface area (Å²) in [6, 6.07) is 14.2. The van der Waals surface area contributed by atoms with E-state index in [0.717, 1.165) is 73.7 Å². The molecule has 4 rings (SSSR count). The van der Waals surface area contributed by atoms with Crippen molar-refractivity contribution in [1.82, 2.24) is 19.4 Å². The number of anilines is 1. The molecule has 0 spiro atoms. The van der Waals surface area contributed by atoms with Gasteiger partial charge >= 0.3 is 0 Å². The normalized spacial score (nSPS) is 14.0. The van der Waals surface area contributed by atoms with Gasteiger partial charge in [0.25, 0.3) is 5.91 Å². The monoisotopic (exact) mass is 547 g/mol. The minimum Gasteiger partial charge on any atom is -0.497 e. The largest absolute Gasteiger partial charge is 0.497 e. The van der Waals surface area contributed by atoms with Gasteiger partial charge in [-0.2, -0.15) is 0 Å². The van der Waals surface area contributed by atoms with Gasteiger partial charge in [-0.15, -0.1) is 0 Å². The van der Waals surface area contributed by atoms with Gasteiger partial charge in [-0.3, -0.25) is 4.79 Å². The fourth-order valence-corrected chi connectivity index (χ4v) is 5.33. The Balaban J connectivity index is 1.57. The van der Waals surface area contributed by atoms with Crippen molar-refractivity contribution < 1.29 is 9.53 Å². The summed E-state index contributed by atoms with van der Waals surface area (Å²) in [4.78, 5) is 23.3. The van der Waals surface area contributed by atoms with E-state index in [0.29, 0.717) is 18.4 Å². The van der Waals surface area contributed by atoms with Gasteiger partial charge in [-0.05, 0) is 99.5 Å². The van der Waals surface area contributed by atoms with Crippen LogP contribution in [0.2, 0.25) is 0 Å². The Morgan fingerprint density at radius 1 is 0.975 bits per heavy atom. The van der Waals surface area contributed by atoms with Gasteiger partial charge < -0.3 is 24.4 Å². The van der Waals surface area contributed by atoms with Crippen LogP contribution in [0.1, 0.15) is 75.7 Å². The molecular weight excluding hydrogens is 498 g/mol. The second-order valence-corrected chi connectivity index (χ2v) is 12.1. The zero-order valence-corrected chi connectivity index (χ0v) is 25.3. The van der Waals surface area contributed by atoms with Gasteiger partial charge in [0, 0.05) is 31.7 Å². The third-order valence-corrected chi connectivity index (χ3v) is 7.90. The smallest absolute Gasteiger partial charge is 0.253 e. The lowest BCUT2D eigenvalue weighted by Gasteiger charge is -2.25. The van der Waals surface area contributed by atoms with Crippen LogP contribution in [-0.2, 0) is 13.1 Å². The van der Waals surface area contributed by atoms with Crippen molar-refractivity contribution in [3.8, 4) is 5.75 Å². The number of rotatable bonds is 15. The fourth-order valence-electron chi connectivity index (χ4n) is 5.33. The number of hydrogen-bond donors (Lipinski definition) is 1. The van der Waals surface area contributed by atoms with Crippen molar-refractivity contribution in [2.24, 2.45) is 11.8 Å². The molecule has 0 bridgehead atoms. The van der Waals surface area contributed by atoms with Crippen molar-refractivity contribution >= 4 is 22.9 Å². The second-order valence-electron chi connectivity index (χ2n) is 12.1. The van der Waals surface area contributed by atoms with E-state index >= 15 is 0 Å². The van der Waals surface area contributed by atoms with E-state index < -0.39 is 0 Å². The number of fused-ring (bicyclic) bond motifs is 1. The highest BCUT2D eigenvalue weighted by Gasteiger charge is 2.20. The highest BCUT2D eigenvalue weighted by Crippen LogP contribution is 2.24. The number of amides is 1. The first kappa shape index (κ1) is 29.9. The molecule has 2 aromatic carbocycles. The van der Waals surface area contributed by atoms with Crippen molar-refractivity contribution in [1.29, 1.82) is 0 Å². The molecule has 1 aliphatic rings. The number of imidazole rings is 1. The number of hydrogen-bond acceptors (Lipinski definition) is 5. The Labute approximate surface area is 240 Å². The molecule has 7 nitrogen and oxygen atoms in total. The summed E-state index contributed by atoms with van der Waals surface area (Å²) >= 11 is 0. The number of nitrogens with one attached hydrogen (secondary N) is 1. The van der Waals surface area contributed by atoms with Gasteiger partial charge in [0.1, 0.15) is 5.75 Å². The third-order valence-electron chi connectivity index (χ3n) is 7.90. The Morgan fingerprint density at radius 2 is 1.65 bits per heavy atom. The Kier molecular flexibility index (Phi) is 10.9. The summed E-state index contributed by atoms with van der Waals surface area (Å²) in [6.07, 6.45) is 5.69. The SMILES string of the molecule is COc1ccc(CNc2nc3ccc(C(=O)N(CCC(C)C)CCC(C)C)cc3n2CCCN2CCCC2)cc1. The minimum absolute atomic E-state index is 0.126. The van der Waals surface area contributed by atoms with Gasteiger partial charge in [-0.25, -0.2) is 4.98 Å². The first-order valence-corrected chi connectivity index (χ1v) is 15.2. The molecule has 0 saturated carbocycles. The minimum atomic E-state index is 0.126. The summed E-state index contributed by atoms with van der Waals surface area (Å²) in [5.41, 5.74) is 3.86. The molecule has 1 aliphatic heterocycles. The number of aromatic nitrogens is 2. The van der Waals surface area contributed by atoms with Gasteiger partial charge in [0.2, 0.25) is 5.95 Å². The Morgan fingerprint density at radius 3 is 2.27 bits per heavy atom. The average molecular weight is 548 g/mol. The van der Waals surface area contributed by atoms with E-state index in [9.17, 15) is 4.79 Å². The Hall–Kier alpha value is -3.06. The summed E-state index contributed by atoms with van der Waals surface area (Å²) in [7, 11) is 1.69. The first-order valence-electron chi connectivity index (χ1n) is 15.2. The van der Waals surface area contributed by atoms with E-state index in [-0.39, 0.29) is 5.91 Å². The summed E-state index contributed by atoms with van der Waals surface area (Å²) < 4.78 is 7.58. The van der Waals surface area contributed by atoms with Crippen LogP contribution in [0.15, 0.2) is 42.5 Å². The molecule has 1 amide bonds. The van der Waals surface area contributed by atoms with E-state index in [2.05, 4.69) is 65.6 Å².